The van der Waals surface area contributed by atoms with Crippen molar-refractivity contribution in [2.75, 3.05) is 11.9 Å². The molecule has 0 bridgehead atoms. The van der Waals surface area contributed by atoms with Crippen LogP contribution in [0.5, 0.6) is 0 Å². The predicted octanol–water partition coefficient (Wildman–Crippen LogP) is 2.15. The summed E-state index contributed by atoms with van der Waals surface area (Å²) in [6.07, 6.45) is 1.60. The summed E-state index contributed by atoms with van der Waals surface area (Å²) in [6, 6.07) is 7.05. The number of benzene rings is 1. The third-order valence-corrected chi connectivity index (χ3v) is 3.79. The second-order valence-corrected chi connectivity index (χ2v) is 5.87. The van der Waals surface area contributed by atoms with E-state index in [-0.39, 0.29) is 30.1 Å². The van der Waals surface area contributed by atoms with Crippen molar-refractivity contribution < 1.29 is 9.59 Å². The van der Waals surface area contributed by atoms with Crippen molar-refractivity contribution >= 4 is 29.9 Å². The van der Waals surface area contributed by atoms with E-state index in [0.717, 1.165) is 24.2 Å². The van der Waals surface area contributed by atoms with E-state index in [1.165, 1.54) is 0 Å². The SMILES string of the molecule is CC(C)[C@H](N)C(=O)Nc1ccc(CN2CCCC2=O)cc1.Cl. The first-order valence-corrected chi connectivity index (χ1v) is 7.40. The molecule has 0 spiro atoms. The second kappa shape index (κ2) is 8.15. The normalized spacial score (nSPS) is 15.6. The molecule has 122 valence electrons. The van der Waals surface area contributed by atoms with Crippen LogP contribution < -0.4 is 11.1 Å². The summed E-state index contributed by atoms with van der Waals surface area (Å²) >= 11 is 0. The van der Waals surface area contributed by atoms with Crippen molar-refractivity contribution in [1.29, 1.82) is 0 Å². The zero-order chi connectivity index (χ0) is 15.4. The fraction of sp³-hybridized carbons (Fsp3) is 0.500. The van der Waals surface area contributed by atoms with Gasteiger partial charge < -0.3 is 16.0 Å². The van der Waals surface area contributed by atoms with Gasteiger partial charge in [0.25, 0.3) is 0 Å². The summed E-state index contributed by atoms with van der Waals surface area (Å²) in [7, 11) is 0. The molecule has 2 rings (SSSR count). The van der Waals surface area contributed by atoms with Gasteiger partial charge in [-0.15, -0.1) is 12.4 Å². The number of carbonyl (C=O) groups is 2. The lowest BCUT2D eigenvalue weighted by Crippen LogP contribution is -2.39. The van der Waals surface area contributed by atoms with Gasteiger partial charge in [0.1, 0.15) is 0 Å². The van der Waals surface area contributed by atoms with Gasteiger partial charge in [0.2, 0.25) is 11.8 Å². The van der Waals surface area contributed by atoms with E-state index in [0.29, 0.717) is 13.0 Å². The predicted molar refractivity (Wildman–Crippen MR) is 89.8 cm³/mol. The number of rotatable bonds is 5. The third kappa shape index (κ3) is 4.71. The summed E-state index contributed by atoms with van der Waals surface area (Å²) < 4.78 is 0. The molecule has 1 saturated heterocycles. The van der Waals surface area contributed by atoms with Gasteiger partial charge in [-0.2, -0.15) is 0 Å². The minimum absolute atomic E-state index is 0. The average molecular weight is 326 g/mol. The van der Waals surface area contributed by atoms with Crippen LogP contribution in [0.3, 0.4) is 0 Å². The molecule has 2 amide bonds. The Morgan fingerprint density at radius 1 is 1.32 bits per heavy atom. The maximum Gasteiger partial charge on any atom is 0.241 e. The molecule has 3 N–H and O–H groups in total. The van der Waals surface area contributed by atoms with Gasteiger partial charge in [0.15, 0.2) is 0 Å². The molecular formula is C16H24ClN3O2. The zero-order valence-corrected chi connectivity index (χ0v) is 13.9. The van der Waals surface area contributed by atoms with Gasteiger partial charge in [-0.1, -0.05) is 26.0 Å². The lowest BCUT2D eigenvalue weighted by molar-refractivity contribution is -0.128. The number of halogens is 1. The zero-order valence-electron chi connectivity index (χ0n) is 13.0. The monoisotopic (exact) mass is 325 g/mol. The number of nitrogens with two attached hydrogens (primary N) is 1. The van der Waals surface area contributed by atoms with E-state index >= 15 is 0 Å². The minimum atomic E-state index is -0.508. The summed E-state index contributed by atoms with van der Waals surface area (Å²) in [6.45, 7) is 5.31. The number of hydrogen-bond donors (Lipinski definition) is 2. The largest absolute Gasteiger partial charge is 0.338 e. The van der Waals surface area contributed by atoms with Crippen LogP contribution in [0.25, 0.3) is 0 Å². The van der Waals surface area contributed by atoms with Crippen LogP contribution in [0.2, 0.25) is 0 Å². The number of hydrogen-bond acceptors (Lipinski definition) is 3. The third-order valence-electron chi connectivity index (χ3n) is 3.79. The molecular weight excluding hydrogens is 302 g/mol. The van der Waals surface area contributed by atoms with Gasteiger partial charge in [-0.05, 0) is 30.0 Å². The molecule has 1 heterocycles. The Morgan fingerprint density at radius 3 is 2.45 bits per heavy atom. The lowest BCUT2D eigenvalue weighted by atomic mass is 10.0. The quantitative estimate of drug-likeness (QED) is 0.871. The molecule has 6 heteroatoms. The summed E-state index contributed by atoms with van der Waals surface area (Å²) in [4.78, 5) is 25.3. The van der Waals surface area contributed by atoms with E-state index in [4.69, 9.17) is 5.73 Å². The van der Waals surface area contributed by atoms with Crippen molar-refractivity contribution in [3.05, 3.63) is 29.8 Å². The molecule has 1 fully saturated rings. The van der Waals surface area contributed by atoms with Gasteiger partial charge >= 0.3 is 0 Å². The van der Waals surface area contributed by atoms with Gasteiger partial charge in [0, 0.05) is 25.2 Å². The van der Waals surface area contributed by atoms with Crippen molar-refractivity contribution in [1.82, 2.24) is 4.90 Å². The topological polar surface area (TPSA) is 75.4 Å². The maximum absolute atomic E-state index is 11.9. The first kappa shape index (κ1) is 18.5. The van der Waals surface area contributed by atoms with Crippen molar-refractivity contribution in [3.8, 4) is 0 Å². The Hall–Kier alpha value is -1.59. The Bertz CT molecular complexity index is 517. The first-order valence-electron chi connectivity index (χ1n) is 7.40. The van der Waals surface area contributed by atoms with E-state index in [1.807, 2.05) is 43.0 Å². The van der Waals surface area contributed by atoms with Crippen LogP contribution in [0.1, 0.15) is 32.3 Å². The smallest absolute Gasteiger partial charge is 0.241 e. The fourth-order valence-electron chi connectivity index (χ4n) is 2.31. The van der Waals surface area contributed by atoms with Gasteiger partial charge in [0.05, 0.1) is 6.04 Å². The van der Waals surface area contributed by atoms with Gasteiger partial charge in [-0.3, -0.25) is 9.59 Å². The molecule has 1 aromatic carbocycles. The highest BCUT2D eigenvalue weighted by Gasteiger charge is 2.20. The molecule has 0 aliphatic carbocycles. The maximum atomic E-state index is 11.9. The standard InChI is InChI=1S/C16H23N3O2.ClH/c1-11(2)15(17)16(21)18-13-7-5-12(6-8-13)10-19-9-3-4-14(19)20;/h5-8,11,15H,3-4,9-10,17H2,1-2H3,(H,18,21);1H/t15-;/m0./s1. The molecule has 0 aromatic heterocycles. The van der Waals surface area contributed by atoms with Crippen LogP contribution in [0.4, 0.5) is 5.69 Å². The first-order chi connectivity index (χ1) is 9.97. The van der Waals surface area contributed by atoms with Crippen LogP contribution in [0.15, 0.2) is 24.3 Å². The Morgan fingerprint density at radius 2 is 1.95 bits per heavy atom. The van der Waals surface area contributed by atoms with Crippen LogP contribution >= 0.6 is 12.4 Å². The van der Waals surface area contributed by atoms with Crippen LogP contribution in [-0.2, 0) is 16.1 Å². The van der Waals surface area contributed by atoms with E-state index < -0.39 is 6.04 Å². The van der Waals surface area contributed by atoms with Crippen molar-refractivity contribution in [2.45, 2.75) is 39.3 Å². The van der Waals surface area contributed by atoms with E-state index in [1.54, 1.807) is 0 Å². The summed E-state index contributed by atoms with van der Waals surface area (Å²) in [5, 5.41) is 2.81. The summed E-state index contributed by atoms with van der Waals surface area (Å²) in [5.74, 6) is 0.146. The molecule has 1 aliphatic rings. The number of nitrogens with zero attached hydrogens (tertiary/aromatic N) is 1. The molecule has 1 aliphatic heterocycles. The summed E-state index contributed by atoms with van der Waals surface area (Å²) in [5.41, 5.74) is 7.60. The van der Waals surface area contributed by atoms with Crippen molar-refractivity contribution in [3.63, 3.8) is 0 Å². The highest BCUT2D eigenvalue weighted by molar-refractivity contribution is 5.94. The fourth-order valence-corrected chi connectivity index (χ4v) is 2.31. The molecule has 1 aromatic rings. The number of amides is 2. The van der Waals surface area contributed by atoms with Gasteiger partial charge in [-0.25, -0.2) is 0 Å². The highest BCUT2D eigenvalue weighted by atomic mass is 35.5. The Balaban J connectivity index is 0.00000242. The highest BCUT2D eigenvalue weighted by Crippen LogP contribution is 2.16. The van der Waals surface area contributed by atoms with E-state index in [2.05, 4.69) is 5.32 Å². The molecule has 5 nitrogen and oxygen atoms in total. The molecule has 0 unspecified atom stereocenters. The number of anilines is 1. The lowest BCUT2D eigenvalue weighted by Gasteiger charge is -2.17. The molecule has 0 saturated carbocycles. The number of likely N-dealkylation sites (tertiary alicyclic amines) is 1. The number of carbonyl (C=O) groups excluding carboxylic acids is 2. The average Bonchev–Trinajstić information content (AvgIpc) is 2.85. The second-order valence-electron chi connectivity index (χ2n) is 5.87. The Labute approximate surface area is 137 Å². The van der Waals surface area contributed by atoms with Crippen LogP contribution in [0, 0.1) is 5.92 Å². The molecule has 22 heavy (non-hydrogen) atoms. The molecule has 0 radical (unpaired) electrons. The molecule has 1 atom stereocenters. The minimum Gasteiger partial charge on any atom is -0.338 e. The van der Waals surface area contributed by atoms with Crippen LogP contribution in [-0.4, -0.2) is 29.3 Å². The Kier molecular flexibility index (Phi) is 6.84. The van der Waals surface area contributed by atoms with Crippen molar-refractivity contribution in [2.24, 2.45) is 11.7 Å². The van der Waals surface area contributed by atoms with E-state index in [9.17, 15) is 9.59 Å². The number of nitrogens with one attached hydrogen (secondary N) is 1.